The van der Waals surface area contributed by atoms with Crippen LogP contribution in [0.2, 0.25) is 10.0 Å². The van der Waals surface area contributed by atoms with E-state index in [1.165, 1.54) is 0 Å². The topological polar surface area (TPSA) is 57.6 Å². The van der Waals surface area contributed by atoms with Crippen molar-refractivity contribution in [2.75, 3.05) is 11.9 Å². The Hall–Kier alpha value is -2.18. The van der Waals surface area contributed by atoms with Gasteiger partial charge in [0.2, 0.25) is 5.91 Å². The van der Waals surface area contributed by atoms with E-state index in [0.717, 1.165) is 31.4 Å². The number of anilines is 1. The van der Waals surface area contributed by atoms with Crippen LogP contribution in [0.25, 0.3) is 0 Å². The second kappa shape index (κ2) is 8.28. The van der Waals surface area contributed by atoms with Gasteiger partial charge in [0.1, 0.15) is 6.54 Å². The first-order chi connectivity index (χ1) is 13.9. The van der Waals surface area contributed by atoms with Gasteiger partial charge in [0.25, 0.3) is 0 Å². The summed E-state index contributed by atoms with van der Waals surface area (Å²) in [6.07, 6.45) is 5.81. The van der Waals surface area contributed by atoms with Gasteiger partial charge in [-0.05, 0) is 49.9 Å². The lowest BCUT2D eigenvalue weighted by molar-refractivity contribution is -0.133. The Morgan fingerprint density at radius 1 is 1.03 bits per heavy atom. The molecular formula is C21H24Cl2N4O2. The van der Waals surface area contributed by atoms with Gasteiger partial charge >= 0.3 is 6.03 Å². The number of carbonyl (C=O) groups excluding carboxylic acids is 2. The van der Waals surface area contributed by atoms with E-state index < -0.39 is 0 Å². The van der Waals surface area contributed by atoms with Crippen LogP contribution in [-0.2, 0) is 18.4 Å². The summed E-state index contributed by atoms with van der Waals surface area (Å²) in [5.41, 5.74) is 1.46. The van der Waals surface area contributed by atoms with Crippen LogP contribution in [0.4, 0.5) is 10.5 Å². The average molecular weight is 435 g/mol. The second-order valence-corrected chi connectivity index (χ2v) is 8.56. The number of aryl methyl sites for hydroxylation is 1. The Labute approximate surface area is 180 Å². The molecule has 1 N–H and O–H groups in total. The Balaban J connectivity index is 1.46. The van der Waals surface area contributed by atoms with Crippen molar-refractivity contribution in [1.82, 2.24) is 14.4 Å². The van der Waals surface area contributed by atoms with Gasteiger partial charge in [-0.25, -0.2) is 4.79 Å². The summed E-state index contributed by atoms with van der Waals surface area (Å²) in [7, 11) is 1.97. The molecule has 2 saturated carbocycles. The number of urea groups is 1. The van der Waals surface area contributed by atoms with Crippen LogP contribution in [-0.4, -0.2) is 44.9 Å². The molecule has 6 nitrogen and oxygen atoms in total. The highest BCUT2D eigenvalue weighted by Gasteiger charge is 2.38. The quantitative estimate of drug-likeness (QED) is 0.696. The molecule has 1 aromatic heterocycles. The highest BCUT2D eigenvalue weighted by molar-refractivity contribution is 6.39. The van der Waals surface area contributed by atoms with Crippen LogP contribution in [0.3, 0.4) is 0 Å². The third-order valence-corrected chi connectivity index (χ3v) is 6.07. The van der Waals surface area contributed by atoms with Crippen molar-refractivity contribution in [3.8, 4) is 0 Å². The molecule has 29 heavy (non-hydrogen) atoms. The summed E-state index contributed by atoms with van der Waals surface area (Å²) in [5.74, 6) is -0.0268. The molecule has 0 saturated heterocycles. The minimum Gasteiger partial charge on any atom is -0.353 e. The molecule has 2 aromatic rings. The summed E-state index contributed by atoms with van der Waals surface area (Å²) >= 11 is 12.4. The monoisotopic (exact) mass is 434 g/mol. The van der Waals surface area contributed by atoms with E-state index in [0.29, 0.717) is 22.3 Å². The smallest absolute Gasteiger partial charge is 0.322 e. The number of aromatic nitrogens is 1. The SMILES string of the molecule is Cn1cccc1CN(C(=O)CN(C(=O)Nc1c(Cl)cccc1Cl)C1CC1)C1CC1. The Kier molecular flexibility index (Phi) is 5.74. The van der Waals surface area contributed by atoms with Gasteiger partial charge in [-0.1, -0.05) is 29.3 Å². The molecule has 0 unspecified atom stereocenters. The van der Waals surface area contributed by atoms with Gasteiger partial charge in [-0.2, -0.15) is 0 Å². The van der Waals surface area contributed by atoms with Crippen molar-refractivity contribution < 1.29 is 9.59 Å². The lowest BCUT2D eigenvalue weighted by Crippen LogP contribution is -2.46. The van der Waals surface area contributed by atoms with Crippen LogP contribution < -0.4 is 5.32 Å². The summed E-state index contributed by atoms with van der Waals surface area (Å²) in [4.78, 5) is 29.6. The molecule has 154 valence electrons. The fraction of sp³-hybridized carbons (Fsp3) is 0.429. The van der Waals surface area contributed by atoms with Crippen molar-refractivity contribution in [1.29, 1.82) is 0 Å². The molecule has 0 radical (unpaired) electrons. The Morgan fingerprint density at radius 2 is 1.66 bits per heavy atom. The van der Waals surface area contributed by atoms with Gasteiger partial charge in [0.05, 0.1) is 22.3 Å². The van der Waals surface area contributed by atoms with Gasteiger partial charge in [0, 0.05) is 31.0 Å². The third-order valence-electron chi connectivity index (χ3n) is 5.44. The number of hydrogen-bond donors (Lipinski definition) is 1. The fourth-order valence-corrected chi connectivity index (χ4v) is 3.92. The molecule has 1 heterocycles. The molecule has 2 fully saturated rings. The highest BCUT2D eigenvalue weighted by Crippen LogP contribution is 2.33. The summed E-state index contributed by atoms with van der Waals surface area (Å²) in [5, 5.41) is 3.54. The standard InChI is InChI=1S/C21H24Cl2N4O2/c1-25-11-3-4-16(25)12-26(14-7-8-14)19(28)13-27(15-9-10-15)21(29)24-20-17(22)5-2-6-18(20)23/h2-6,11,14-15H,7-10,12-13H2,1H3,(H,24,29). The number of para-hydroxylation sites is 1. The predicted octanol–water partition coefficient (Wildman–Crippen LogP) is 4.52. The molecule has 3 amide bonds. The number of halogens is 2. The minimum absolute atomic E-state index is 0.0268. The number of nitrogens with one attached hydrogen (secondary N) is 1. The number of hydrogen-bond acceptors (Lipinski definition) is 2. The van der Waals surface area contributed by atoms with Crippen LogP contribution >= 0.6 is 23.2 Å². The minimum atomic E-state index is -0.342. The first-order valence-electron chi connectivity index (χ1n) is 9.85. The van der Waals surface area contributed by atoms with Crippen molar-refractivity contribution in [2.45, 2.75) is 44.3 Å². The van der Waals surface area contributed by atoms with Crippen molar-refractivity contribution >= 4 is 40.8 Å². The second-order valence-electron chi connectivity index (χ2n) is 7.75. The van der Waals surface area contributed by atoms with E-state index in [9.17, 15) is 9.59 Å². The molecular weight excluding hydrogens is 411 g/mol. The molecule has 0 aliphatic heterocycles. The maximum atomic E-state index is 13.1. The predicted molar refractivity (Wildman–Crippen MR) is 114 cm³/mol. The summed E-state index contributed by atoms with van der Waals surface area (Å²) < 4.78 is 2.02. The van der Waals surface area contributed by atoms with Crippen LogP contribution in [0.1, 0.15) is 31.4 Å². The molecule has 0 spiro atoms. The van der Waals surface area contributed by atoms with Gasteiger partial charge in [0.15, 0.2) is 0 Å². The van der Waals surface area contributed by atoms with Gasteiger partial charge in [-0.3, -0.25) is 4.79 Å². The maximum Gasteiger partial charge on any atom is 0.322 e. The zero-order valence-electron chi connectivity index (χ0n) is 16.3. The zero-order chi connectivity index (χ0) is 20.5. The Morgan fingerprint density at radius 3 is 2.21 bits per heavy atom. The largest absolute Gasteiger partial charge is 0.353 e. The zero-order valence-corrected chi connectivity index (χ0v) is 17.8. The summed E-state index contributed by atoms with van der Waals surface area (Å²) in [6, 6.07) is 9.06. The fourth-order valence-electron chi connectivity index (χ4n) is 3.43. The lowest BCUT2D eigenvalue weighted by atomic mass is 10.3. The van der Waals surface area contributed by atoms with Gasteiger partial charge < -0.3 is 19.7 Å². The van der Waals surface area contributed by atoms with Crippen LogP contribution in [0.15, 0.2) is 36.5 Å². The molecule has 1 aromatic carbocycles. The molecule has 8 heteroatoms. The third kappa shape index (κ3) is 4.70. The van der Waals surface area contributed by atoms with E-state index in [-0.39, 0.29) is 30.6 Å². The van der Waals surface area contributed by atoms with E-state index in [2.05, 4.69) is 5.32 Å². The number of nitrogens with zero attached hydrogens (tertiary/aromatic N) is 3. The number of rotatable bonds is 7. The van der Waals surface area contributed by atoms with E-state index in [1.54, 1.807) is 23.1 Å². The lowest BCUT2D eigenvalue weighted by Gasteiger charge is -2.28. The molecule has 0 bridgehead atoms. The number of carbonyl (C=O) groups is 2. The first-order valence-corrected chi connectivity index (χ1v) is 10.6. The highest BCUT2D eigenvalue weighted by atomic mass is 35.5. The van der Waals surface area contributed by atoms with E-state index in [1.807, 2.05) is 34.8 Å². The normalized spacial score (nSPS) is 15.8. The maximum absolute atomic E-state index is 13.1. The molecule has 4 rings (SSSR count). The number of benzene rings is 1. The first kappa shape index (κ1) is 20.1. The van der Waals surface area contributed by atoms with E-state index >= 15 is 0 Å². The Bertz CT molecular complexity index is 901. The van der Waals surface area contributed by atoms with Gasteiger partial charge in [-0.15, -0.1) is 0 Å². The molecule has 2 aliphatic carbocycles. The number of amides is 3. The van der Waals surface area contributed by atoms with E-state index in [4.69, 9.17) is 23.2 Å². The van der Waals surface area contributed by atoms with Crippen molar-refractivity contribution in [3.05, 3.63) is 52.3 Å². The molecule has 2 aliphatic rings. The van der Waals surface area contributed by atoms with Crippen LogP contribution in [0.5, 0.6) is 0 Å². The van der Waals surface area contributed by atoms with Crippen LogP contribution in [0, 0.1) is 0 Å². The van der Waals surface area contributed by atoms with Crippen molar-refractivity contribution in [3.63, 3.8) is 0 Å². The summed E-state index contributed by atoms with van der Waals surface area (Å²) in [6.45, 7) is 0.614. The van der Waals surface area contributed by atoms with Crippen molar-refractivity contribution in [2.24, 2.45) is 7.05 Å². The average Bonchev–Trinajstić information content (AvgIpc) is 3.60. The molecule has 0 atom stereocenters.